The molecule has 108 valence electrons. The molecule has 1 fully saturated rings. The van der Waals surface area contributed by atoms with Crippen LogP contribution in [0, 0.1) is 0 Å². The Balaban J connectivity index is 2.13. The van der Waals surface area contributed by atoms with Crippen molar-refractivity contribution in [3.05, 3.63) is 22.4 Å². The average Bonchev–Trinajstić information content (AvgIpc) is 3.16. The molecule has 1 aliphatic carbocycles. The predicted molar refractivity (Wildman–Crippen MR) is 84.5 cm³/mol. The second-order valence-corrected chi connectivity index (χ2v) is 6.86. The Morgan fingerprint density at radius 3 is 2.68 bits per heavy atom. The van der Waals surface area contributed by atoms with E-state index in [-0.39, 0.29) is 5.54 Å². The zero-order valence-electron chi connectivity index (χ0n) is 12.4. The SMILES string of the molecule is CCCCC(CC)(CN)N(Cc1cccs1)C1CC1. The van der Waals surface area contributed by atoms with E-state index in [1.165, 1.54) is 43.4 Å². The van der Waals surface area contributed by atoms with Crippen LogP contribution in [0.1, 0.15) is 57.2 Å². The van der Waals surface area contributed by atoms with Gasteiger partial charge in [-0.15, -0.1) is 11.3 Å². The van der Waals surface area contributed by atoms with Gasteiger partial charge in [0, 0.05) is 29.5 Å². The number of hydrogen-bond donors (Lipinski definition) is 1. The summed E-state index contributed by atoms with van der Waals surface area (Å²) in [6, 6.07) is 5.20. The van der Waals surface area contributed by atoms with Gasteiger partial charge >= 0.3 is 0 Å². The summed E-state index contributed by atoms with van der Waals surface area (Å²) in [5.74, 6) is 0. The number of unbranched alkanes of at least 4 members (excludes halogenated alkanes) is 1. The lowest BCUT2D eigenvalue weighted by Gasteiger charge is -2.43. The van der Waals surface area contributed by atoms with Crippen LogP contribution < -0.4 is 5.73 Å². The summed E-state index contributed by atoms with van der Waals surface area (Å²) < 4.78 is 0. The molecule has 0 aliphatic heterocycles. The van der Waals surface area contributed by atoms with Crippen LogP contribution in [0.3, 0.4) is 0 Å². The third kappa shape index (κ3) is 3.59. The van der Waals surface area contributed by atoms with Gasteiger partial charge in [-0.05, 0) is 37.1 Å². The minimum absolute atomic E-state index is 0.223. The van der Waals surface area contributed by atoms with Crippen molar-refractivity contribution in [1.82, 2.24) is 4.90 Å². The Bertz CT molecular complexity index is 353. The van der Waals surface area contributed by atoms with Gasteiger partial charge in [-0.3, -0.25) is 4.90 Å². The van der Waals surface area contributed by atoms with Crippen molar-refractivity contribution >= 4 is 11.3 Å². The van der Waals surface area contributed by atoms with E-state index in [0.717, 1.165) is 19.1 Å². The molecule has 1 aromatic rings. The molecule has 1 atom stereocenters. The first kappa shape index (κ1) is 15.0. The molecule has 1 saturated carbocycles. The molecule has 0 amide bonds. The van der Waals surface area contributed by atoms with Crippen LogP contribution >= 0.6 is 11.3 Å². The zero-order chi connectivity index (χ0) is 13.7. The summed E-state index contributed by atoms with van der Waals surface area (Å²) in [6.07, 6.45) is 7.69. The standard InChI is InChI=1S/C16H28N2S/c1-3-5-10-16(4-2,13-17)18(14-8-9-14)12-15-7-6-11-19-15/h6-7,11,14H,3-5,8-10,12-13,17H2,1-2H3. The molecule has 1 heterocycles. The Hall–Kier alpha value is -0.380. The van der Waals surface area contributed by atoms with Crippen molar-refractivity contribution in [2.24, 2.45) is 5.73 Å². The molecular formula is C16H28N2S. The van der Waals surface area contributed by atoms with E-state index >= 15 is 0 Å². The summed E-state index contributed by atoms with van der Waals surface area (Å²) in [4.78, 5) is 4.21. The van der Waals surface area contributed by atoms with Crippen LogP contribution in [0.4, 0.5) is 0 Å². The van der Waals surface area contributed by atoms with Gasteiger partial charge < -0.3 is 5.73 Å². The molecular weight excluding hydrogens is 252 g/mol. The molecule has 1 aromatic heterocycles. The fourth-order valence-corrected chi connectivity index (χ4v) is 3.74. The smallest absolute Gasteiger partial charge is 0.0336 e. The molecule has 2 N–H and O–H groups in total. The highest BCUT2D eigenvalue weighted by molar-refractivity contribution is 7.09. The van der Waals surface area contributed by atoms with Gasteiger partial charge in [-0.2, -0.15) is 0 Å². The Morgan fingerprint density at radius 1 is 1.42 bits per heavy atom. The van der Waals surface area contributed by atoms with Crippen molar-refractivity contribution in [2.45, 2.75) is 70.5 Å². The van der Waals surface area contributed by atoms with Crippen molar-refractivity contribution < 1.29 is 0 Å². The van der Waals surface area contributed by atoms with Crippen LogP contribution in [0.25, 0.3) is 0 Å². The first-order valence-corrected chi connectivity index (χ1v) is 8.63. The van der Waals surface area contributed by atoms with Gasteiger partial charge in [0.2, 0.25) is 0 Å². The number of nitrogens with zero attached hydrogens (tertiary/aromatic N) is 1. The van der Waals surface area contributed by atoms with E-state index in [0.29, 0.717) is 0 Å². The summed E-state index contributed by atoms with van der Waals surface area (Å²) in [5.41, 5.74) is 6.44. The first-order chi connectivity index (χ1) is 9.25. The minimum Gasteiger partial charge on any atom is -0.329 e. The second kappa shape index (κ2) is 6.87. The van der Waals surface area contributed by atoms with Gasteiger partial charge in [0.1, 0.15) is 0 Å². The molecule has 3 heteroatoms. The van der Waals surface area contributed by atoms with E-state index in [2.05, 4.69) is 36.3 Å². The topological polar surface area (TPSA) is 29.3 Å². The van der Waals surface area contributed by atoms with Gasteiger partial charge in [-0.1, -0.05) is 32.8 Å². The van der Waals surface area contributed by atoms with Crippen LogP contribution in [0.2, 0.25) is 0 Å². The number of rotatable bonds is 9. The molecule has 0 bridgehead atoms. The minimum atomic E-state index is 0.223. The van der Waals surface area contributed by atoms with Crippen molar-refractivity contribution in [1.29, 1.82) is 0 Å². The van der Waals surface area contributed by atoms with Gasteiger partial charge in [0.15, 0.2) is 0 Å². The van der Waals surface area contributed by atoms with Crippen LogP contribution in [-0.2, 0) is 6.54 Å². The van der Waals surface area contributed by atoms with Crippen molar-refractivity contribution in [2.75, 3.05) is 6.54 Å². The summed E-state index contributed by atoms with van der Waals surface area (Å²) in [5, 5.41) is 2.18. The second-order valence-electron chi connectivity index (χ2n) is 5.82. The largest absolute Gasteiger partial charge is 0.329 e. The zero-order valence-corrected chi connectivity index (χ0v) is 13.2. The maximum Gasteiger partial charge on any atom is 0.0336 e. The molecule has 0 aromatic carbocycles. The van der Waals surface area contributed by atoms with E-state index in [4.69, 9.17) is 5.73 Å². The Labute approximate surface area is 122 Å². The highest BCUT2D eigenvalue weighted by atomic mass is 32.1. The highest BCUT2D eigenvalue weighted by Crippen LogP contribution is 2.38. The lowest BCUT2D eigenvalue weighted by molar-refractivity contribution is 0.0624. The summed E-state index contributed by atoms with van der Waals surface area (Å²) in [6.45, 7) is 6.48. The quantitative estimate of drug-likeness (QED) is 0.740. The van der Waals surface area contributed by atoms with Crippen LogP contribution in [0.15, 0.2) is 17.5 Å². The first-order valence-electron chi connectivity index (χ1n) is 7.75. The third-order valence-corrected chi connectivity index (χ3v) is 5.40. The van der Waals surface area contributed by atoms with Gasteiger partial charge in [0.25, 0.3) is 0 Å². The molecule has 0 spiro atoms. The van der Waals surface area contributed by atoms with E-state index in [1.807, 2.05) is 11.3 Å². The van der Waals surface area contributed by atoms with Crippen molar-refractivity contribution in [3.8, 4) is 0 Å². The molecule has 1 unspecified atom stereocenters. The fourth-order valence-electron chi connectivity index (χ4n) is 3.03. The van der Waals surface area contributed by atoms with Crippen molar-refractivity contribution in [3.63, 3.8) is 0 Å². The Kier molecular flexibility index (Phi) is 5.43. The molecule has 19 heavy (non-hydrogen) atoms. The Morgan fingerprint density at radius 2 is 2.21 bits per heavy atom. The summed E-state index contributed by atoms with van der Waals surface area (Å²) >= 11 is 1.87. The molecule has 0 radical (unpaired) electrons. The molecule has 0 saturated heterocycles. The molecule has 1 aliphatic rings. The number of hydrogen-bond acceptors (Lipinski definition) is 3. The lowest BCUT2D eigenvalue weighted by Crippen LogP contribution is -2.54. The van der Waals surface area contributed by atoms with Gasteiger partial charge in [0.05, 0.1) is 0 Å². The summed E-state index contributed by atoms with van der Waals surface area (Å²) in [7, 11) is 0. The van der Waals surface area contributed by atoms with Crippen LogP contribution in [0.5, 0.6) is 0 Å². The maximum absolute atomic E-state index is 6.22. The highest BCUT2D eigenvalue weighted by Gasteiger charge is 2.41. The normalized spacial score (nSPS) is 18.7. The third-order valence-electron chi connectivity index (χ3n) is 4.54. The number of nitrogens with two attached hydrogens (primary N) is 1. The predicted octanol–water partition coefficient (Wildman–Crippen LogP) is 4.01. The van der Waals surface area contributed by atoms with Gasteiger partial charge in [-0.25, -0.2) is 0 Å². The monoisotopic (exact) mass is 280 g/mol. The van der Waals surface area contributed by atoms with Crippen LogP contribution in [-0.4, -0.2) is 23.0 Å². The average molecular weight is 280 g/mol. The number of thiophene rings is 1. The fraction of sp³-hybridized carbons (Fsp3) is 0.750. The van der Waals surface area contributed by atoms with E-state index in [1.54, 1.807) is 0 Å². The lowest BCUT2D eigenvalue weighted by atomic mass is 9.87. The van der Waals surface area contributed by atoms with E-state index in [9.17, 15) is 0 Å². The van der Waals surface area contributed by atoms with E-state index < -0.39 is 0 Å². The molecule has 2 rings (SSSR count). The molecule has 2 nitrogen and oxygen atoms in total. The maximum atomic E-state index is 6.22.